The summed E-state index contributed by atoms with van der Waals surface area (Å²) in [6.45, 7) is 1.72. The third-order valence-electron chi connectivity index (χ3n) is 2.76. The third-order valence-corrected chi connectivity index (χ3v) is 2.76. The predicted molar refractivity (Wildman–Crippen MR) is 65.5 cm³/mol. The van der Waals surface area contributed by atoms with Crippen molar-refractivity contribution in [1.82, 2.24) is 14.5 Å². The minimum Gasteiger partial charge on any atom is -0.357 e. The highest BCUT2D eigenvalue weighted by Gasteiger charge is 2.11. The first-order valence-electron chi connectivity index (χ1n) is 5.38. The van der Waals surface area contributed by atoms with Gasteiger partial charge in [-0.05, 0) is 12.5 Å². The Morgan fingerprint density at radius 2 is 2.00 bits per heavy atom. The molecule has 2 aliphatic rings. The number of hydrogen-bond donors (Lipinski definition) is 1. The number of rotatable bonds is 1. The molecule has 3 rings (SSSR count). The van der Waals surface area contributed by atoms with E-state index < -0.39 is 0 Å². The molecule has 0 saturated carbocycles. The van der Waals surface area contributed by atoms with E-state index in [2.05, 4.69) is 9.97 Å². The topological polar surface area (TPSA) is 50.7 Å². The van der Waals surface area contributed by atoms with Gasteiger partial charge < -0.3 is 4.98 Å². The van der Waals surface area contributed by atoms with E-state index in [4.69, 9.17) is 0 Å². The van der Waals surface area contributed by atoms with Crippen LogP contribution in [0.4, 0.5) is 0 Å². The van der Waals surface area contributed by atoms with Gasteiger partial charge in [-0.15, -0.1) is 0 Å². The Labute approximate surface area is 97.9 Å². The number of benzene rings is 1. The van der Waals surface area contributed by atoms with Gasteiger partial charge in [-0.1, -0.05) is 30.3 Å². The Bertz CT molecular complexity index is 682. The maximum absolute atomic E-state index is 11.8. The van der Waals surface area contributed by atoms with Gasteiger partial charge in [-0.3, -0.25) is 9.36 Å². The van der Waals surface area contributed by atoms with Crippen molar-refractivity contribution in [2.45, 2.75) is 6.92 Å². The van der Waals surface area contributed by atoms with Gasteiger partial charge in [0.2, 0.25) is 0 Å². The van der Waals surface area contributed by atoms with Crippen LogP contribution in [0.3, 0.4) is 0 Å². The maximum Gasteiger partial charge on any atom is 0.277 e. The van der Waals surface area contributed by atoms with Gasteiger partial charge >= 0.3 is 0 Å². The second-order valence-electron chi connectivity index (χ2n) is 3.93. The molecule has 0 fully saturated rings. The van der Waals surface area contributed by atoms with Crippen LogP contribution in [0, 0.1) is 6.92 Å². The van der Waals surface area contributed by atoms with Crippen LogP contribution in [0.15, 0.2) is 47.5 Å². The average Bonchev–Trinajstić information content (AvgIpc) is 2.66. The molecule has 1 N–H and O–H groups in total. The molecule has 1 aromatic rings. The molecule has 2 aliphatic heterocycles. The fourth-order valence-corrected chi connectivity index (χ4v) is 1.86. The van der Waals surface area contributed by atoms with Crippen molar-refractivity contribution in [3.8, 4) is 17.1 Å². The van der Waals surface area contributed by atoms with Crippen molar-refractivity contribution >= 4 is 0 Å². The summed E-state index contributed by atoms with van der Waals surface area (Å²) in [5.41, 5.74) is 2.39. The minimum atomic E-state index is -0.0637. The molecule has 0 spiro atoms. The first kappa shape index (κ1) is 9.84. The first-order chi connectivity index (χ1) is 8.25. The van der Waals surface area contributed by atoms with E-state index in [0.717, 1.165) is 11.3 Å². The lowest BCUT2D eigenvalue weighted by atomic mass is 10.2. The summed E-state index contributed by atoms with van der Waals surface area (Å²) in [6.07, 6.45) is 3.53. The van der Waals surface area contributed by atoms with Crippen LogP contribution in [-0.4, -0.2) is 14.5 Å². The molecule has 84 valence electrons. The lowest BCUT2D eigenvalue weighted by Gasteiger charge is -2.05. The van der Waals surface area contributed by atoms with Crippen molar-refractivity contribution in [3.05, 3.63) is 58.8 Å². The molecule has 4 heteroatoms. The molecule has 0 aliphatic carbocycles. The highest BCUT2D eigenvalue weighted by atomic mass is 16.1. The quantitative estimate of drug-likeness (QED) is 0.688. The molecule has 0 saturated heterocycles. The van der Waals surface area contributed by atoms with Crippen molar-refractivity contribution in [3.63, 3.8) is 0 Å². The number of nitrogens with zero attached hydrogens (tertiary/aromatic N) is 2. The number of imidazole rings is 1. The van der Waals surface area contributed by atoms with E-state index in [1.165, 1.54) is 0 Å². The minimum absolute atomic E-state index is 0.0637. The van der Waals surface area contributed by atoms with E-state index in [1.54, 1.807) is 23.9 Å². The van der Waals surface area contributed by atoms with E-state index >= 15 is 0 Å². The summed E-state index contributed by atoms with van der Waals surface area (Å²) in [5.74, 6) is 0.646. The zero-order chi connectivity index (χ0) is 11.8. The molecular weight excluding hydrogens is 214 g/mol. The highest BCUT2D eigenvalue weighted by molar-refractivity contribution is 5.58. The van der Waals surface area contributed by atoms with Gasteiger partial charge in [-0.25, -0.2) is 4.98 Å². The Balaban J connectivity index is 2.24. The average molecular weight is 225 g/mol. The summed E-state index contributed by atoms with van der Waals surface area (Å²) >= 11 is 0. The fraction of sp³-hybridized carbons (Fsp3) is 0.0769. The van der Waals surface area contributed by atoms with Crippen molar-refractivity contribution in [1.29, 1.82) is 0 Å². The van der Waals surface area contributed by atoms with E-state index in [-0.39, 0.29) is 5.56 Å². The maximum atomic E-state index is 11.8. The summed E-state index contributed by atoms with van der Waals surface area (Å²) in [7, 11) is 0. The van der Waals surface area contributed by atoms with Crippen molar-refractivity contribution < 1.29 is 0 Å². The molecular formula is C13H11N3O. The standard InChI is InChI=1S/C13H11N3O/c1-9-13(17)16-8-11(14-7-12(16)15-9)10-5-3-2-4-6-10/h2-8,14H,1H3. The lowest BCUT2D eigenvalue weighted by Crippen LogP contribution is -2.13. The number of hydrogen-bond acceptors (Lipinski definition) is 2. The van der Waals surface area contributed by atoms with Gasteiger partial charge in [0, 0.05) is 12.4 Å². The summed E-state index contributed by atoms with van der Waals surface area (Å²) in [4.78, 5) is 19.1. The zero-order valence-electron chi connectivity index (χ0n) is 9.34. The van der Waals surface area contributed by atoms with Gasteiger partial charge in [0.05, 0.1) is 5.69 Å². The van der Waals surface area contributed by atoms with Crippen LogP contribution in [0.5, 0.6) is 0 Å². The van der Waals surface area contributed by atoms with E-state index in [0.29, 0.717) is 11.5 Å². The molecule has 0 amide bonds. The van der Waals surface area contributed by atoms with Crippen LogP contribution >= 0.6 is 0 Å². The Morgan fingerprint density at radius 1 is 1.24 bits per heavy atom. The number of aromatic amines is 1. The number of nitrogens with one attached hydrogen (secondary N) is 1. The SMILES string of the molecule is Cc1nc2c[nH]c(-c3ccccc3)cn-2c1=O. The molecule has 0 atom stereocenters. The van der Waals surface area contributed by atoms with Crippen LogP contribution in [0.1, 0.15) is 5.69 Å². The van der Waals surface area contributed by atoms with E-state index in [9.17, 15) is 4.79 Å². The monoisotopic (exact) mass is 225 g/mol. The van der Waals surface area contributed by atoms with Crippen LogP contribution in [0.2, 0.25) is 0 Å². The zero-order valence-corrected chi connectivity index (χ0v) is 9.34. The Kier molecular flexibility index (Phi) is 2.08. The van der Waals surface area contributed by atoms with Crippen molar-refractivity contribution in [2.75, 3.05) is 0 Å². The molecule has 2 heterocycles. The number of aromatic nitrogens is 3. The van der Waals surface area contributed by atoms with Crippen LogP contribution < -0.4 is 5.56 Å². The third kappa shape index (κ3) is 1.54. The normalized spacial score (nSPS) is 10.9. The number of fused-ring (bicyclic) bond motifs is 1. The number of H-pyrrole nitrogens is 1. The molecule has 0 aromatic heterocycles. The van der Waals surface area contributed by atoms with Crippen LogP contribution in [-0.2, 0) is 0 Å². The highest BCUT2D eigenvalue weighted by Crippen LogP contribution is 2.17. The first-order valence-corrected chi connectivity index (χ1v) is 5.38. The second-order valence-corrected chi connectivity index (χ2v) is 3.93. The second kappa shape index (κ2) is 3.59. The summed E-state index contributed by atoms with van der Waals surface area (Å²) < 4.78 is 1.56. The molecule has 1 aromatic carbocycles. The molecule has 4 nitrogen and oxygen atoms in total. The lowest BCUT2D eigenvalue weighted by molar-refractivity contribution is 0.973. The van der Waals surface area contributed by atoms with Crippen LogP contribution in [0.25, 0.3) is 17.1 Å². The van der Waals surface area contributed by atoms with E-state index in [1.807, 2.05) is 30.3 Å². The molecule has 0 unspecified atom stereocenters. The Hall–Kier alpha value is -2.36. The largest absolute Gasteiger partial charge is 0.357 e. The fourth-order valence-electron chi connectivity index (χ4n) is 1.86. The predicted octanol–water partition coefficient (Wildman–Crippen LogP) is 1.97. The summed E-state index contributed by atoms with van der Waals surface area (Å²) in [6, 6.07) is 9.87. The van der Waals surface area contributed by atoms with Gasteiger partial charge in [0.15, 0.2) is 5.82 Å². The molecule has 17 heavy (non-hydrogen) atoms. The van der Waals surface area contributed by atoms with Gasteiger partial charge in [-0.2, -0.15) is 0 Å². The molecule has 0 radical (unpaired) electrons. The Morgan fingerprint density at radius 3 is 2.76 bits per heavy atom. The smallest absolute Gasteiger partial charge is 0.277 e. The number of aryl methyl sites for hydroxylation is 1. The van der Waals surface area contributed by atoms with Crippen molar-refractivity contribution in [2.24, 2.45) is 0 Å². The van der Waals surface area contributed by atoms with Gasteiger partial charge in [0.1, 0.15) is 5.69 Å². The molecule has 0 bridgehead atoms. The van der Waals surface area contributed by atoms with Gasteiger partial charge in [0.25, 0.3) is 5.56 Å². The summed E-state index contributed by atoms with van der Waals surface area (Å²) in [5, 5.41) is 0.